The van der Waals surface area contributed by atoms with Crippen molar-refractivity contribution in [2.24, 2.45) is 5.73 Å². The van der Waals surface area contributed by atoms with Gasteiger partial charge in [0.1, 0.15) is 0 Å². The van der Waals surface area contributed by atoms with E-state index in [2.05, 4.69) is 10.1 Å². The molecule has 0 aliphatic carbocycles. The topological polar surface area (TPSA) is 80.1 Å². The summed E-state index contributed by atoms with van der Waals surface area (Å²) in [6.45, 7) is 0. The van der Waals surface area contributed by atoms with Gasteiger partial charge >= 0.3 is 0 Å². The minimum absolute atomic E-state index is 0.114. The molecule has 0 fully saturated rings. The van der Waals surface area contributed by atoms with E-state index < -0.39 is 0 Å². The number of amidine groups is 1. The first-order chi connectivity index (χ1) is 6.25. The molecule has 0 aliphatic rings. The summed E-state index contributed by atoms with van der Waals surface area (Å²) in [6, 6.07) is 3.62. The number of hydrogen-bond donors (Lipinski definition) is 2. The zero-order chi connectivity index (χ0) is 9.26. The van der Waals surface area contributed by atoms with E-state index in [4.69, 9.17) is 11.1 Å². The molecule has 0 amide bonds. The third-order valence-electron chi connectivity index (χ3n) is 1.66. The van der Waals surface area contributed by atoms with Crippen LogP contribution in [0.25, 0.3) is 5.65 Å². The first-order valence-corrected chi connectivity index (χ1v) is 3.88. The minimum Gasteiger partial charge on any atom is -0.387 e. The van der Waals surface area contributed by atoms with Gasteiger partial charge in [-0.15, -0.1) is 0 Å². The van der Waals surface area contributed by atoms with E-state index in [1.54, 1.807) is 16.8 Å². The van der Waals surface area contributed by atoms with Crippen LogP contribution in [0.5, 0.6) is 0 Å². The maximum absolute atomic E-state index is 7.11. The summed E-state index contributed by atoms with van der Waals surface area (Å²) >= 11 is 0. The van der Waals surface area contributed by atoms with Gasteiger partial charge in [0.25, 0.3) is 0 Å². The number of nitrogens with zero attached hydrogens (tertiary/aromatic N) is 3. The Bertz CT molecular complexity index is 411. The smallest absolute Gasteiger partial charge is 0.155 e. The number of aromatic nitrogens is 3. The van der Waals surface area contributed by atoms with Gasteiger partial charge in [0.15, 0.2) is 5.65 Å². The fourth-order valence-corrected chi connectivity index (χ4v) is 1.16. The third-order valence-corrected chi connectivity index (χ3v) is 1.66. The Kier molecular flexibility index (Phi) is 1.70. The van der Waals surface area contributed by atoms with Gasteiger partial charge in [0.05, 0.1) is 11.5 Å². The van der Waals surface area contributed by atoms with Crippen LogP contribution < -0.4 is 5.73 Å². The molecule has 13 heavy (non-hydrogen) atoms. The van der Waals surface area contributed by atoms with Crippen LogP contribution in [0.3, 0.4) is 0 Å². The first kappa shape index (κ1) is 7.72. The molecule has 0 saturated carbocycles. The molecule has 2 aromatic rings. The molecule has 2 aromatic heterocycles. The van der Waals surface area contributed by atoms with Crippen molar-refractivity contribution in [3.05, 3.63) is 30.2 Å². The predicted octanol–water partition coefficient (Wildman–Crippen LogP) is 0.208. The fraction of sp³-hybridized carbons (Fsp3) is 0.125. The van der Waals surface area contributed by atoms with E-state index in [0.717, 1.165) is 11.3 Å². The highest BCUT2D eigenvalue weighted by molar-refractivity contribution is 5.79. The normalized spacial score (nSPS) is 10.5. The van der Waals surface area contributed by atoms with Crippen molar-refractivity contribution >= 4 is 11.5 Å². The summed E-state index contributed by atoms with van der Waals surface area (Å²) < 4.78 is 1.66. The largest absolute Gasteiger partial charge is 0.387 e. The van der Waals surface area contributed by atoms with Gasteiger partial charge in [-0.1, -0.05) is 0 Å². The molecule has 0 spiro atoms. The van der Waals surface area contributed by atoms with E-state index >= 15 is 0 Å². The SMILES string of the molecule is N=C(N)Cc1cc2ncccn2n1. The van der Waals surface area contributed by atoms with Gasteiger partial charge in [-0.2, -0.15) is 5.10 Å². The van der Waals surface area contributed by atoms with Crippen LogP contribution >= 0.6 is 0 Å². The highest BCUT2D eigenvalue weighted by Gasteiger charge is 2.02. The molecule has 5 nitrogen and oxygen atoms in total. The van der Waals surface area contributed by atoms with Gasteiger partial charge in [-0.05, 0) is 6.07 Å². The van der Waals surface area contributed by atoms with Gasteiger partial charge in [-0.25, -0.2) is 9.50 Å². The van der Waals surface area contributed by atoms with Crippen LogP contribution in [0.15, 0.2) is 24.5 Å². The van der Waals surface area contributed by atoms with Gasteiger partial charge < -0.3 is 5.73 Å². The number of hydrogen-bond acceptors (Lipinski definition) is 3. The predicted molar refractivity (Wildman–Crippen MR) is 48.6 cm³/mol. The van der Waals surface area contributed by atoms with Crippen molar-refractivity contribution in [2.75, 3.05) is 0 Å². The number of nitrogens with two attached hydrogens (primary N) is 1. The van der Waals surface area contributed by atoms with Crippen LogP contribution in [-0.2, 0) is 6.42 Å². The molecule has 0 saturated heterocycles. The summed E-state index contributed by atoms with van der Waals surface area (Å²) in [5, 5.41) is 11.3. The van der Waals surface area contributed by atoms with Crippen LogP contribution in [0.1, 0.15) is 5.69 Å². The monoisotopic (exact) mass is 175 g/mol. The Morgan fingerprint density at radius 1 is 1.62 bits per heavy atom. The van der Waals surface area contributed by atoms with Crippen molar-refractivity contribution in [1.82, 2.24) is 14.6 Å². The molecule has 0 radical (unpaired) electrons. The third kappa shape index (κ3) is 1.48. The maximum atomic E-state index is 7.11. The molecule has 0 atom stereocenters. The van der Waals surface area contributed by atoms with Crippen LogP contribution in [0.2, 0.25) is 0 Å². The Labute approximate surface area is 74.7 Å². The summed E-state index contributed by atoms with van der Waals surface area (Å²) in [4.78, 5) is 4.10. The van der Waals surface area contributed by atoms with E-state index in [1.165, 1.54) is 0 Å². The summed E-state index contributed by atoms with van der Waals surface area (Å²) in [5.41, 5.74) is 6.81. The average molecular weight is 175 g/mol. The highest BCUT2D eigenvalue weighted by atomic mass is 15.2. The molecule has 0 aromatic carbocycles. The summed E-state index contributed by atoms with van der Waals surface area (Å²) in [6.07, 6.45) is 3.89. The van der Waals surface area contributed by atoms with Crippen molar-refractivity contribution < 1.29 is 0 Å². The molecule has 0 bridgehead atoms. The lowest BCUT2D eigenvalue weighted by atomic mass is 10.3. The zero-order valence-electron chi connectivity index (χ0n) is 6.94. The molecule has 2 heterocycles. The molecule has 0 unspecified atom stereocenters. The minimum atomic E-state index is 0.114. The lowest BCUT2D eigenvalue weighted by Gasteiger charge is -1.90. The summed E-state index contributed by atoms with van der Waals surface area (Å²) in [7, 11) is 0. The van der Waals surface area contributed by atoms with Crippen LogP contribution in [0, 0.1) is 5.41 Å². The van der Waals surface area contributed by atoms with E-state index in [0.29, 0.717) is 6.42 Å². The fourth-order valence-electron chi connectivity index (χ4n) is 1.16. The standard InChI is InChI=1S/C8H9N5/c9-7(10)4-6-5-8-11-2-1-3-13(8)12-6/h1-3,5H,4H2,(H3,9,10). The van der Waals surface area contributed by atoms with Gasteiger partial charge in [0.2, 0.25) is 0 Å². The lowest BCUT2D eigenvalue weighted by Crippen LogP contribution is -2.12. The molecular weight excluding hydrogens is 166 g/mol. The van der Waals surface area contributed by atoms with Gasteiger partial charge in [-0.3, -0.25) is 5.41 Å². The molecule has 2 rings (SSSR count). The Morgan fingerprint density at radius 3 is 3.15 bits per heavy atom. The zero-order valence-corrected chi connectivity index (χ0v) is 6.94. The quantitative estimate of drug-likeness (QED) is 0.505. The van der Waals surface area contributed by atoms with Gasteiger partial charge in [0, 0.05) is 24.9 Å². The number of rotatable bonds is 2. The van der Waals surface area contributed by atoms with Crippen molar-refractivity contribution in [2.45, 2.75) is 6.42 Å². The molecule has 66 valence electrons. The number of fused-ring (bicyclic) bond motifs is 1. The second kappa shape index (κ2) is 2.85. The first-order valence-electron chi connectivity index (χ1n) is 3.88. The number of nitrogens with one attached hydrogen (secondary N) is 1. The Hall–Kier alpha value is -1.91. The maximum Gasteiger partial charge on any atom is 0.155 e. The highest BCUT2D eigenvalue weighted by Crippen LogP contribution is 2.02. The Balaban J connectivity index is 2.44. The average Bonchev–Trinajstić information content (AvgIpc) is 2.44. The van der Waals surface area contributed by atoms with E-state index in [9.17, 15) is 0 Å². The second-order valence-electron chi connectivity index (χ2n) is 2.76. The lowest BCUT2D eigenvalue weighted by molar-refractivity contribution is 0.905. The van der Waals surface area contributed by atoms with E-state index in [1.807, 2.05) is 12.3 Å². The van der Waals surface area contributed by atoms with Crippen LogP contribution in [0.4, 0.5) is 0 Å². The summed E-state index contributed by atoms with van der Waals surface area (Å²) in [5.74, 6) is 0.114. The molecule has 5 heteroatoms. The van der Waals surface area contributed by atoms with Crippen molar-refractivity contribution in [1.29, 1.82) is 5.41 Å². The molecule has 3 N–H and O–H groups in total. The molecular formula is C8H9N5. The van der Waals surface area contributed by atoms with E-state index in [-0.39, 0.29) is 5.84 Å². The second-order valence-corrected chi connectivity index (χ2v) is 2.76. The van der Waals surface area contributed by atoms with Crippen molar-refractivity contribution in [3.63, 3.8) is 0 Å². The Morgan fingerprint density at radius 2 is 2.46 bits per heavy atom. The van der Waals surface area contributed by atoms with Crippen LogP contribution in [-0.4, -0.2) is 20.4 Å². The van der Waals surface area contributed by atoms with Crippen molar-refractivity contribution in [3.8, 4) is 0 Å². The molecule has 0 aliphatic heterocycles.